The van der Waals surface area contributed by atoms with Crippen molar-refractivity contribution in [3.63, 3.8) is 0 Å². The molecule has 0 aliphatic rings. The number of carbonyl (C=O) groups is 3. The smallest absolute Gasteiger partial charge is 0.370 e. The third kappa shape index (κ3) is 39.8. The van der Waals surface area contributed by atoms with Crippen LogP contribution < -0.4 is 22.5 Å². The molecule has 3 atom stereocenters. The molecular formula is C62H120N6O6. The zero-order valence-corrected chi connectivity index (χ0v) is 48.7. The number of nitrogens with one attached hydrogen (secondary N) is 2. The minimum absolute atomic E-state index is 0.0727. The summed E-state index contributed by atoms with van der Waals surface area (Å²) in [5, 5.41) is 3.19. The molecule has 0 aromatic carbocycles. The van der Waals surface area contributed by atoms with Crippen LogP contribution in [-0.2, 0) is 41.4 Å². The van der Waals surface area contributed by atoms with E-state index in [1.54, 1.807) is 6.20 Å². The molecule has 0 fully saturated rings. The molecule has 1 aromatic rings. The van der Waals surface area contributed by atoms with E-state index < -0.39 is 35.8 Å². The van der Waals surface area contributed by atoms with Crippen LogP contribution in [0.15, 0.2) is 6.20 Å². The first-order chi connectivity index (χ1) is 36.2. The average molecular weight is 1050 g/mol. The molecule has 1 aromatic heterocycles. The van der Waals surface area contributed by atoms with Gasteiger partial charge in [0.25, 0.3) is 5.72 Å². The lowest BCUT2D eigenvalue weighted by Gasteiger charge is -2.34. The number of imidazole rings is 1. The zero-order valence-electron chi connectivity index (χ0n) is 48.7. The molecule has 0 spiro atoms. The lowest BCUT2D eigenvalue weighted by atomic mass is 10.0. The molecule has 12 heteroatoms. The summed E-state index contributed by atoms with van der Waals surface area (Å²) < 4.78 is 17.4. The van der Waals surface area contributed by atoms with Crippen LogP contribution in [-0.4, -0.2) is 72.0 Å². The van der Waals surface area contributed by atoms with Crippen LogP contribution in [0, 0.1) is 0 Å². The van der Waals surface area contributed by atoms with E-state index in [1.807, 2.05) is 0 Å². The summed E-state index contributed by atoms with van der Waals surface area (Å²) in [6.07, 6.45) is 54.8. The third-order valence-electron chi connectivity index (χ3n) is 14.9. The minimum atomic E-state index is -2.42. The topological polar surface area (TPSA) is 198 Å². The van der Waals surface area contributed by atoms with E-state index >= 15 is 0 Å². The fourth-order valence-electron chi connectivity index (χ4n) is 10.00. The van der Waals surface area contributed by atoms with E-state index in [1.165, 1.54) is 218 Å². The van der Waals surface area contributed by atoms with Gasteiger partial charge in [0.2, 0.25) is 0 Å². The van der Waals surface area contributed by atoms with Crippen molar-refractivity contribution in [2.45, 2.75) is 334 Å². The van der Waals surface area contributed by atoms with Gasteiger partial charge in [0.1, 0.15) is 11.9 Å². The summed E-state index contributed by atoms with van der Waals surface area (Å²) in [4.78, 5) is 48.9. The fourth-order valence-corrected chi connectivity index (χ4v) is 10.00. The van der Waals surface area contributed by atoms with E-state index in [0.29, 0.717) is 25.1 Å². The molecular weight excluding hydrogens is 925 g/mol. The summed E-state index contributed by atoms with van der Waals surface area (Å²) in [5.41, 5.74) is 17.4. The molecule has 0 bridgehead atoms. The van der Waals surface area contributed by atoms with Gasteiger partial charge < -0.3 is 36.0 Å². The van der Waals surface area contributed by atoms with Crippen LogP contribution in [0.4, 0.5) is 0 Å². The third-order valence-corrected chi connectivity index (χ3v) is 14.9. The molecule has 0 amide bonds. The van der Waals surface area contributed by atoms with Crippen LogP contribution in [0.5, 0.6) is 0 Å². The number of hydrogen-bond acceptors (Lipinski definition) is 11. The Bertz CT molecular complexity index is 1410. The van der Waals surface area contributed by atoms with Gasteiger partial charge in [-0.15, -0.1) is 0 Å². The number of nitrogens with zero attached hydrogens (tertiary/aromatic N) is 1. The average Bonchev–Trinajstić information content (AvgIpc) is 3.85. The largest absolute Gasteiger partial charge is 0.462 e. The van der Waals surface area contributed by atoms with Gasteiger partial charge in [0, 0.05) is 24.7 Å². The second-order valence-electron chi connectivity index (χ2n) is 22.1. The number of H-pyrrole nitrogens is 1. The number of carbonyl (C=O) groups excluding carboxylic acids is 3. The maximum atomic E-state index is 14.0. The van der Waals surface area contributed by atoms with Gasteiger partial charge in [0.15, 0.2) is 6.10 Å². The summed E-state index contributed by atoms with van der Waals surface area (Å²) in [6, 6.07) is -1.16. The quantitative estimate of drug-likeness (QED) is 0.0180. The SMILES string of the molecule is CCCCCCCCCCCCCCCCNCC(=O)OC(CCCN)C(N)(OC(=O)C(N)Cc1cnc(CCCCCCCCCCCCCCCC)[nH]1)C(=O)OCCCCCCCCCCCCCCCC. The molecule has 0 aliphatic carbocycles. The van der Waals surface area contributed by atoms with Crippen molar-refractivity contribution in [2.75, 3.05) is 26.2 Å². The number of rotatable bonds is 57. The summed E-state index contributed by atoms with van der Waals surface area (Å²) >= 11 is 0. The van der Waals surface area contributed by atoms with Gasteiger partial charge in [-0.3, -0.25) is 15.3 Å². The number of hydrogen-bond donors (Lipinski definition) is 5. The Morgan fingerprint density at radius 1 is 0.568 bits per heavy atom. The van der Waals surface area contributed by atoms with Gasteiger partial charge in [0.05, 0.1) is 13.2 Å². The Kier molecular flexibility index (Phi) is 48.1. The lowest BCUT2D eigenvalue weighted by Crippen LogP contribution is -2.63. The van der Waals surface area contributed by atoms with E-state index in [-0.39, 0.29) is 32.5 Å². The number of aromatic amines is 1. The van der Waals surface area contributed by atoms with Crippen molar-refractivity contribution in [1.29, 1.82) is 0 Å². The minimum Gasteiger partial charge on any atom is -0.462 e. The van der Waals surface area contributed by atoms with Crippen molar-refractivity contribution in [1.82, 2.24) is 15.3 Å². The van der Waals surface area contributed by atoms with Crippen LogP contribution in [0.25, 0.3) is 0 Å². The normalized spacial score (nSPS) is 13.2. The Balaban J connectivity index is 2.68. The second-order valence-corrected chi connectivity index (χ2v) is 22.1. The van der Waals surface area contributed by atoms with E-state index in [0.717, 1.165) is 57.2 Å². The van der Waals surface area contributed by atoms with E-state index in [9.17, 15) is 14.4 Å². The van der Waals surface area contributed by atoms with E-state index in [4.69, 9.17) is 31.4 Å². The first kappa shape index (κ1) is 69.5. The first-order valence-corrected chi connectivity index (χ1v) is 31.8. The van der Waals surface area contributed by atoms with Crippen molar-refractivity contribution < 1.29 is 28.6 Å². The monoisotopic (exact) mass is 1040 g/mol. The predicted molar refractivity (Wildman–Crippen MR) is 310 cm³/mol. The predicted octanol–water partition coefficient (Wildman–Crippen LogP) is 15.2. The number of aryl methyl sites for hydroxylation is 1. The van der Waals surface area contributed by atoms with Gasteiger partial charge in [-0.1, -0.05) is 271 Å². The number of ether oxygens (including phenoxy) is 3. The van der Waals surface area contributed by atoms with Crippen LogP contribution in [0.1, 0.15) is 315 Å². The molecule has 74 heavy (non-hydrogen) atoms. The maximum Gasteiger partial charge on any atom is 0.370 e. The molecule has 8 N–H and O–H groups in total. The van der Waals surface area contributed by atoms with Crippen molar-refractivity contribution >= 4 is 17.9 Å². The number of aromatic nitrogens is 2. The Morgan fingerprint density at radius 3 is 1.38 bits per heavy atom. The highest BCUT2D eigenvalue weighted by Gasteiger charge is 2.50. The second kappa shape index (κ2) is 51.2. The first-order valence-electron chi connectivity index (χ1n) is 31.8. The molecule has 0 radical (unpaired) electrons. The summed E-state index contributed by atoms with van der Waals surface area (Å²) in [6.45, 7) is 7.74. The van der Waals surface area contributed by atoms with Crippen LogP contribution in [0.3, 0.4) is 0 Å². The van der Waals surface area contributed by atoms with Crippen molar-refractivity contribution in [3.05, 3.63) is 17.7 Å². The van der Waals surface area contributed by atoms with Gasteiger partial charge in [-0.05, 0) is 45.2 Å². The van der Waals surface area contributed by atoms with E-state index in [2.05, 4.69) is 36.1 Å². The van der Waals surface area contributed by atoms with Gasteiger partial charge in [-0.2, -0.15) is 0 Å². The Morgan fingerprint density at radius 2 is 0.959 bits per heavy atom. The van der Waals surface area contributed by atoms with Crippen molar-refractivity contribution in [3.8, 4) is 0 Å². The highest BCUT2D eigenvalue weighted by atomic mass is 16.6. The highest BCUT2D eigenvalue weighted by molar-refractivity contribution is 5.86. The van der Waals surface area contributed by atoms with Gasteiger partial charge >= 0.3 is 17.9 Å². The zero-order chi connectivity index (χ0) is 53.8. The van der Waals surface area contributed by atoms with Gasteiger partial charge in [-0.25, -0.2) is 9.78 Å². The molecule has 3 unspecified atom stereocenters. The molecule has 1 heterocycles. The number of esters is 3. The molecule has 12 nitrogen and oxygen atoms in total. The summed E-state index contributed by atoms with van der Waals surface area (Å²) in [7, 11) is 0. The standard InChI is InChI=1S/C62H120N6O6/c1-4-7-10-13-16-19-22-25-28-31-34-37-40-43-48-58-67-53-55(68-58)52-56(64)60(70)74-62(65,61(71)72-51-45-42-39-36-33-30-27-24-21-18-15-12-9-6-3)57(47-46-49-63)73-59(69)54-66-50-44-41-38-35-32-29-26-23-20-17-14-11-8-5-2/h53,56-57,66H,4-52,54,63-65H2,1-3H3,(H,67,68). The maximum absolute atomic E-state index is 14.0. The van der Waals surface area contributed by atoms with Crippen LogP contribution in [0.2, 0.25) is 0 Å². The molecule has 0 saturated heterocycles. The molecule has 0 aliphatic heterocycles. The molecule has 434 valence electrons. The number of unbranched alkanes of at least 4 members (excludes halogenated alkanes) is 39. The summed E-state index contributed by atoms with van der Waals surface area (Å²) in [5.74, 6) is -1.61. The highest BCUT2D eigenvalue weighted by Crippen LogP contribution is 2.23. The molecule has 1 rings (SSSR count). The molecule has 0 saturated carbocycles. The van der Waals surface area contributed by atoms with Crippen molar-refractivity contribution in [2.24, 2.45) is 17.2 Å². The Hall–Kier alpha value is -2.54. The van der Waals surface area contributed by atoms with Crippen LogP contribution >= 0.6 is 0 Å². The Labute approximate surface area is 455 Å². The fraction of sp³-hybridized carbons (Fsp3) is 0.903. The lowest BCUT2D eigenvalue weighted by molar-refractivity contribution is -0.204. The number of nitrogens with two attached hydrogens (primary N) is 3.